The first kappa shape index (κ1) is 14.3. The zero-order chi connectivity index (χ0) is 14.5. The summed E-state index contributed by atoms with van der Waals surface area (Å²) in [7, 11) is 0. The number of nitrogens with one attached hydrogen (secondary N) is 1. The third-order valence-electron chi connectivity index (χ3n) is 2.73. The smallest absolute Gasteiger partial charge is 0.275 e. The summed E-state index contributed by atoms with van der Waals surface area (Å²) in [5.41, 5.74) is 1.16. The maximum absolute atomic E-state index is 11.0. The van der Waals surface area contributed by atoms with Gasteiger partial charge in [0.05, 0.1) is 16.7 Å². The summed E-state index contributed by atoms with van der Waals surface area (Å²) in [6.45, 7) is 2.72. The highest BCUT2D eigenvalue weighted by molar-refractivity contribution is 6.33. The van der Waals surface area contributed by atoms with E-state index < -0.39 is 4.92 Å². The van der Waals surface area contributed by atoms with Crippen molar-refractivity contribution in [3.63, 3.8) is 0 Å². The average molecular weight is 292 g/mol. The van der Waals surface area contributed by atoms with Crippen molar-refractivity contribution in [3.05, 3.63) is 51.5 Å². The summed E-state index contributed by atoms with van der Waals surface area (Å²) >= 11 is 6.12. The summed E-state index contributed by atoms with van der Waals surface area (Å²) in [5.74, 6) is 0.482. The van der Waals surface area contributed by atoms with Gasteiger partial charge in [0.15, 0.2) is 0 Å². The second-order valence-electron chi connectivity index (χ2n) is 4.26. The van der Waals surface area contributed by atoms with Gasteiger partial charge in [0, 0.05) is 23.2 Å². The van der Waals surface area contributed by atoms with Crippen LogP contribution in [0.2, 0.25) is 5.02 Å². The van der Waals surface area contributed by atoms with Crippen molar-refractivity contribution < 1.29 is 4.92 Å². The lowest BCUT2D eigenvalue weighted by Crippen LogP contribution is -2.03. The summed E-state index contributed by atoms with van der Waals surface area (Å²) in [4.78, 5) is 15.0. The van der Waals surface area contributed by atoms with Gasteiger partial charge in [-0.25, -0.2) is 4.98 Å². The first-order valence-corrected chi connectivity index (χ1v) is 6.65. The average Bonchev–Trinajstić information content (AvgIpc) is 2.45. The van der Waals surface area contributed by atoms with Crippen molar-refractivity contribution in [3.8, 4) is 11.3 Å². The van der Waals surface area contributed by atoms with Crippen LogP contribution in [-0.4, -0.2) is 16.5 Å². The molecule has 0 saturated heterocycles. The van der Waals surface area contributed by atoms with E-state index in [4.69, 9.17) is 11.6 Å². The van der Waals surface area contributed by atoms with Crippen LogP contribution in [0.3, 0.4) is 0 Å². The minimum atomic E-state index is -0.431. The Morgan fingerprint density at radius 3 is 2.75 bits per heavy atom. The Morgan fingerprint density at radius 1 is 1.35 bits per heavy atom. The highest BCUT2D eigenvalue weighted by Gasteiger charge is 2.13. The molecule has 1 aromatic heterocycles. The molecule has 0 fully saturated rings. The maximum Gasteiger partial charge on any atom is 0.275 e. The lowest BCUT2D eigenvalue weighted by atomic mass is 10.1. The van der Waals surface area contributed by atoms with E-state index in [-0.39, 0.29) is 5.69 Å². The number of halogens is 1. The number of rotatable bonds is 5. The SMILES string of the molecule is CCCNc1cc([N+](=O)[O-])cc(-c2ccccc2Cl)n1. The van der Waals surface area contributed by atoms with E-state index in [9.17, 15) is 10.1 Å². The number of benzene rings is 1. The largest absolute Gasteiger partial charge is 0.370 e. The molecule has 0 amide bonds. The molecule has 0 spiro atoms. The van der Waals surface area contributed by atoms with Gasteiger partial charge < -0.3 is 5.32 Å². The normalized spacial score (nSPS) is 10.3. The molecule has 0 aliphatic rings. The van der Waals surface area contributed by atoms with Crippen LogP contribution in [0.4, 0.5) is 11.5 Å². The molecule has 0 atom stereocenters. The molecule has 104 valence electrons. The fourth-order valence-electron chi connectivity index (χ4n) is 1.77. The predicted octanol–water partition coefficient (Wildman–Crippen LogP) is 4.13. The maximum atomic E-state index is 11.0. The zero-order valence-electron chi connectivity index (χ0n) is 11.0. The Kier molecular flexibility index (Phi) is 4.53. The molecular formula is C14H14ClN3O2. The quantitative estimate of drug-likeness (QED) is 0.664. The summed E-state index contributed by atoms with van der Waals surface area (Å²) in [6.07, 6.45) is 0.909. The number of anilines is 1. The van der Waals surface area contributed by atoms with E-state index in [1.807, 2.05) is 13.0 Å². The molecule has 20 heavy (non-hydrogen) atoms. The lowest BCUT2D eigenvalue weighted by molar-refractivity contribution is -0.384. The number of nitro groups is 1. The Hall–Kier alpha value is -2.14. The fourth-order valence-corrected chi connectivity index (χ4v) is 2.00. The lowest BCUT2D eigenvalue weighted by Gasteiger charge is -2.08. The van der Waals surface area contributed by atoms with Crippen LogP contribution in [0.25, 0.3) is 11.3 Å². The summed E-state index contributed by atoms with van der Waals surface area (Å²) in [5, 5.41) is 14.6. The van der Waals surface area contributed by atoms with Crippen molar-refractivity contribution in [1.29, 1.82) is 0 Å². The predicted molar refractivity (Wildman–Crippen MR) is 80.1 cm³/mol. The molecule has 0 radical (unpaired) electrons. The third kappa shape index (κ3) is 3.24. The minimum Gasteiger partial charge on any atom is -0.370 e. The van der Waals surface area contributed by atoms with E-state index in [1.165, 1.54) is 12.1 Å². The molecule has 2 rings (SSSR count). The van der Waals surface area contributed by atoms with E-state index in [0.717, 1.165) is 6.42 Å². The van der Waals surface area contributed by atoms with Crippen LogP contribution < -0.4 is 5.32 Å². The topological polar surface area (TPSA) is 68.1 Å². The Labute approximate surface area is 121 Å². The number of hydrogen-bond acceptors (Lipinski definition) is 4. The third-order valence-corrected chi connectivity index (χ3v) is 3.06. The van der Waals surface area contributed by atoms with E-state index in [0.29, 0.717) is 28.6 Å². The standard InChI is InChI=1S/C14H14ClN3O2/c1-2-7-16-14-9-10(18(19)20)8-13(17-14)11-5-3-4-6-12(11)15/h3-6,8-9H,2,7H2,1H3,(H,16,17). The highest BCUT2D eigenvalue weighted by atomic mass is 35.5. The second kappa shape index (κ2) is 6.34. The molecule has 1 aromatic carbocycles. The molecule has 0 saturated carbocycles. The van der Waals surface area contributed by atoms with Gasteiger partial charge in [0.2, 0.25) is 0 Å². The van der Waals surface area contributed by atoms with Crippen LogP contribution >= 0.6 is 11.6 Å². The van der Waals surface area contributed by atoms with Crippen LogP contribution in [0, 0.1) is 10.1 Å². The molecule has 1 heterocycles. The van der Waals surface area contributed by atoms with Gasteiger partial charge in [-0.1, -0.05) is 36.7 Å². The fraction of sp³-hybridized carbons (Fsp3) is 0.214. The van der Waals surface area contributed by atoms with Crippen molar-refractivity contribution in [2.45, 2.75) is 13.3 Å². The number of aromatic nitrogens is 1. The van der Waals surface area contributed by atoms with Gasteiger partial charge in [-0.2, -0.15) is 0 Å². The first-order valence-electron chi connectivity index (χ1n) is 6.27. The summed E-state index contributed by atoms with van der Waals surface area (Å²) in [6, 6.07) is 10.0. The van der Waals surface area contributed by atoms with Crippen molar-refractivity contribution in [2.24, 2.45) is 0 Å². The Bertz CT molecular complexity index is 632. The molecule has 5 nitrogen and oxygen atoms in total. The van der Waals surface area contributed by atoms with Crippen molar-refractivity contribution in [1.82, 2.24) is 4.98 Å². The minimum absolute atomic E-state index is 0.00600. The molecule has 0 unspecified atom stereocenters. The number of hydrogen-bond donors (Lipinski definition) is 1. The second-order valence-corrected chi connectivity index (χ2v) is 4.67. The summed E-state index contributed by atoms with van der Waals surface area (Å²) < 4.78 is 0. The monoisotopic (exact) mass is 291 g/mol. The molecule has 6 heteroatoms. The van der Waals surface area contributed by atoms with E-state index >= 15 is 0 Å². The van der Waals surface area contributed by atoms with E-state index in [1.54, 1.807) is 18.2 Å². The number of nitrogens with zero attached hydrogens (tertiary/aromatic N) is 2. The van der Waals surface area contributed by atoms with Gasteiger partial charge >= 0.3 is 0 Å². The van der Waals surface area contributed by atoms with Gasteiger partial charge in [0.25, 0.3) is 5.69 Å². The van der Waals surface area contributed by atoms with Crippen LogP contribution in [0.5, 0.6) is 0 Å². The van der Waals surface area contributed by atoms with Crippen LogP contribution in [-0.2, 0) is 0 Å². The molecule has 0 aliphatic heterocycles. The van der Waals surface area contributed by atoms with Crippen LogP contribution in [0.15, 0.2) is 36.4 Å². The van der Waals surface area contributed by atoms with Gasteiger partial charge in [0.1, 0.15) is 5.82 Å². The Balaban J connectivity index is 2.49. The van der Waals surface area contributed by atoms with Crippen molar-refractivity contribution in [2.75, 3.05) is 11.9 Å². The number of pyridine rings is 1. The van der Waals surface area contributed by atoms with E-state index in [2.05, 4.69) is 10.3 Å². The Morgan fingerprint density at radius 2 is 2.10 bits per heavy atom. The van der Waals surface area contributed by atoms with Gasteiger partial charge in [-0.3, -0.25) is 10.1 Å². The van der Waals surface area contributed by atoms with Gasteiger partial charge in [-0.05, 0) is 12.5 Å². The molecule has 0 aliphatic carbocycles. The molecule has 1 N–H and O–H groups in total. The molecule has 0 bridgehead atoms. The first-order chi connectivity index (χ1) is 9.61. The van der Waals surface area contributed by atoms with Crippen LogP contribution in [0.1, 0.15) is 13.3 Å². The van der Waals surface area contributed by atoms with Crippen molar-refractivity contribution >= 4 is 23.1 Å². The zero-order valence-corrected chi connectivity index (χ0v) is 11.7. The highest BCUT2D eigenvalue weighted by Crippen LogP contribution is 2.30. The molecular weight excluding hydrogens is 278 g/mol. The van der Waals surface area contributed by atoms with Gasteiger partial charge in [-0.15, -0.1) is 0 Å². The molecule has 2 aromatic rings.